The van der Waals surface area contributed by atoms with Crippen molar-refractivity contribution >= 4 is 21.4 Å². The number of ether oxygens (including phenoxy) is 1. The zero-order valence-corrected chi connectivity index (χ0v) is 16.5. The van der Waals surface area contributed by atoms with E-state index in [2.05, 4.69) is 0 Å². The van der Waals surface area contributed by atoms with Crippen LogP contribution in [0.1, 0.15) is 16.7 Å². The monoisotopic (exact) mass is 385 g/mol. The van der Waals surface area contributed by atoms with Gasteiger partial charge in [-0.3, -0.25) is 4.79 Å². The van der Waals surface area contributed by atoms with E-state index in [0.717, 1.165) is 16.7 Å². The molecular formula is C21H23NO4S. The van der Waals surface area contributed by atoms with Gasteiger partial charge in [0.25, 0.3) is 5.91 Å². The van der Waals surface area contributed by atoms with Crippen LogP contribution >= 0.6 is 0 Å². The molecule has 142 valence electrons. The van der Waals surface area contributed by atoms with Crippen molar-refractivity contribution in [1.82, 2.24) is 0 Å². The average Bonchev–Trinajstić information content (AvgIpc) is 2.95. The molecule has 1 atom stereocenters. The second-order valence-corrected chi connectivity index (χ2v) is 8.81. The number of hydrogen-bond acceptors (Lipinski definition) is 4. The van der Waals surface area contributed by atoms with E-state index < -0.39 is 15.9 Å². The number of carbonyl (C=O) groups excluding carboxylic acids is 1. The minimum absolute atomic E-state index is 0.115. The van der Waals surface area contributed by atoms with Gasteiger partial charge in [-0.05, 0) is 50.6 Å². The van der Waals surface area contributed by atoms with E-state index in [1.54, 1.807) is 6.08 Å². The van der Waals surface area contributed by atoms with Gasteiger partial charge < -0.3 is 9.64 Å². The summed E-state index contributed by atoms with van der Waals surface area (Å²) in [5.74, 6) is 0.244. The van der Waals surface area contributed by atoms with E-state index >= 15 is 0 Å². The van der Waals surface area contributed by atoms with Crippen molar-refractivity contribution in [3.63, 3.8) is 0 Å². The Labute approximate surface area is 160 Å². The molecule has 2 aromatic rings. The quantitative estimate of drug-likeness (QED) is 0.792. The zero-order chi connectivity index (χ0) is 19.6. The van der Waals surface area contributed by atoms with Crippen molar-refractivity contribution in [3.05, 3.63) is 70.6 Å². The van der Waals surface area contributed by atoms with Crippen molar-refractivity contribution in [2.24, 2.45) is 0 Å². The van der Waals surface area contributed by atoms with E-state index in [1.807, 2.05) is 63.2 Å². The highest BCUT2D eigenvalue weighted by Crippen LogP contribution is 2.24. The Balaban J connectivity index is 1.82. The molecule has 0 N–H and O–H groups in total. The van der Waals surface area contributed by atoms with Crippen LogP contribution in [0.15, 0.2) is 53.9 Å². The number of aryl methyl sites for hydroxylation is 3. The number of carbonyl (C=O) groups is 1. The summed E-state index contributed by atoms with van der Waals surface area (Å²) >= 11 is 0. The highest BCUT2D eigenvalue weighted by Gasteiger charge is 2.31. The molecule has 0 spiro atoms. The fourth-order valence-electron chi connectivity index (χ4n) is 3.12. The first-order chi connectivity index (χ1) is 12.7. The standard InChI is InChI=1S/C21H23NO4S/c1-15-4-7-18(8-5-15)22(19-10-11-27(24,25)14-19)21(23)13-26-20-9-6-16(2)12-17(20)3/h4-12,19H,13-14H2,1-3H3/t19-/m0/s1. The van der Waals surface area contributed by atoms with E-state index in [1.165, 1.54) is 10.3 Å². The van der Waals surface area contributed by atoms with Gasteiger partial charge in [0.15, 0.2) is 16.4 Å². The summed E-state index contributed by atoms with van der Waals surface area (Å²) < 4.78 is 29.4. The van der Waals surface area contributed by atoms with Gasteiger partial charge >= 0.3 is 0 Å². The normalized spacial score (nSPS) is 17.7. The van der Waals surface area contributed by atoms with E-state index in [0.29, 0.717) is 11.4 Å². The maximum Gasteiger partial charge on any atom is 0.265 e. The Kier molecular flexibility index (Phi) is 5.37. The lowest BCUT2D eigenvalue weighted by molar-refractivity contribution is -0.120. The Hall–Kier alpha value is -2.60. The third kappa shape index (κ3) is 4.57. The average molecular weight is 385 g/mol. The summed E-state index contributed by atoms with van der Waals surface area (Å²) in [6.45, 7) is 5.71. The van der Waals surface area contributed by atoms with E-state index in [4.69, 9.17) is 4.74 Å². The van der Waals surface area contributed by atoms with Crippen LogP contribution in [0.5, 0.6) is 5.75 Å². The number of benzene rings is 2. The molecule has 1 aliphatic heterocycles. The summed E-state index contributed by atoms with van der Waals surface area (Å²) in [6, 6.07) is 12.7. The maximum atomic E-state index is 13.0. The molecule has 3 rings (SSSR count). The molecule has 2 aromatic carbocycles. The van der Waals surface area contributed by atoms with Crippen LogP contribution in [0.3, 0.4) is 0 Å². The SMILES string of the molecule is Cc1ccc(N(C(=O)COc2ccc(C)cc2C)[C@H]2C=CS(=O)(=O)C2)cc1. The molecule has 0 saturated carbocycles. The molecule has 27 heavy (non-hydrogen) atoms. The number of rotatable bonds is 5. The smallest absolute Gasteiger partial charge is 0.265 e. The summed E-state index contributed by atoms with van der Waals surface area (Å²) in [5, 5.41) is 1.18. The van der Waals surface area contributed by atoms with Gasteiger partial charge in [0.2, 0.25) is 0 Å². The van der Waals surface area contributed by atoms with Gasteiger partial charge in [-0.15, -0.1) is 0 Å². The van der Waals surface area contributed by atoms with Crippen LogP contribution in [-0.2, 0) is 14.6 Å². The van der Waals surface area contributed by atoms with Crippen molar-refractivity contribution in [2.45, 2.75) is 26.8 Å². The van der Waals surface area contributed by atoms with Gasteiger partial charge in [0.1, 0.15) is 5.75 Å². The molecule has 0 aliphatic carbocycles. The predicted octanol–water partition coefficient (Wildman–Crippen LogP) is 3.33. The highest BCUT2D eigenvalue weighted by atomic mass is 32.2. The first-order valence-electron chi connectivity index (χ1n) is 8.75. The van der Waals surface area contributed by atoms with Gasteiger partial charge in [-0.25, -0.2) is 8.42 Å². The number of sulfone groups is 1. The van der Waals surface area contributed by atoms with Crippen molar-refractivity contribution in [3.8, 4) is 5.75 Å². The Morgan fingerprint density at radius 2 is 1.74 bits per heavy atom. The van der Waals surface area contributed by atoms with Crippen molar-refractivity contribution < 1.29 is 17.9 Å². The molecule has 0 radical (unpaired) electrons. The van der Waals surface area contributed by atoms with Gasteiger partial charge in [-0.1, -0.05) is 35.4 Å². The summed E-state index contributed by atoms with van der Waals surface area (Å²) in [7, 11) is -3.28. The lowest BCUT2D eigenvalue weighted by Crippen LogP contribution is -2.43. The van der Waals surface area contributed by atoms with Crippen LogP contribution in [0.25, 0.3) is 0 Å². The van der Waals surface area contributed by atoms with Crippen LogP contribution in [-0.4, -0.2) is 32.7 Å². The minimum atomic E-state index is -3.28. The van der Waals surface area contributed by atoms with Gasteiger partial charge in [0, 0.05) is 11.1 Å². The maximum absolute atomic E-state index is 13.0. The highest BCUT2D eigenvalue weighted by molar-refractivity contribution is 7.94. The molecule has 0 aromatic heterocycles. The Morgan fingerprint density at radius 3 is 2.33 bits per heavy atom. The third-order valence-electron chi connectivity index (χ3n) is 4.51. The Morgan fingerprint density at radius 1 is 1.07 bits per heavy atom. The lowest BCUT2D eigenvalue weighted by Gasteiger charge is -2.28. The summed E-state index contributed by atoms with van der Waals surface area (Å²) in [4.78, 5) is 14.5. The number of nitrogens with zero attached hydrogens (tertiary/aromatic N) is 1. The number of amides is 1. The molecule has 5 nitrogen and oxygen atoms in total. The van der Waals surface area contributed by atoms with Crippen LogP contribution < -0.4 is 9.64 Å². The molecule has 1 heterocycles. The van der Waals surface area contributed by atoms with Crippen LogP contribution in [0, 0.1) is 20.8 Å². The summed E-state index contributed by atoms with van der Waals surface area (Å²) in [6.07, 6.45) is 1.56. The van der Waals surface area contributed by atoms with Gasteiger partial charge in [0.05, 0.1) is 11.8 Å². The lowest BCUT2D eigenvalue weighted by atomic mass is 10.1. The fourth-order valence-corrected chi connectivity index (χ4v) is 4.38. The molecule has 0 bridgehead atoms. The van der Waals surface area contributed by atoms with Gasteiger partial charge in [-0.2, -0.15) is 0 Å². The van der Waals surface area contributed by atoms with E-state index in [-0.39, 0.29) is 18.3 Å². The Bertz CT molecular complexity index is 978. The molecular weight excluding hydrogens is 362 g/mol. The molecule has 6 heteroatoms. The zero-order valence-electron chi connectivity index (χ0n) is 15.7. The van der Waals surface area contributed by atoms with Crippen molar-refractivity contribution in [1.29, 1.82) is 0 Å². The molecule has 1 aliphatic rings. The summed E-state index contributed by atoms with van der Waals surface area (Å²) in [5.41, 5.74) is 3.79. The topological polar surface area (TPSA) is 63.7 Å². The van der Waals surface area contributed by atoms with Crippen LogP contribution in [0.2, 0.25) is 0 Å². The molecule has 0 fully saturated rings. The second kappa shape index (κ2) is 7.56. The molecule has 0 unspecified atom stereocenters. The second-order valence-electron chi connectivity index (χ2n) is 6.88. The van der Waals surface area contributed by atoms with Crippen LogP contribution in [0.4, 0.5) is 5.69 Å². The molecule has 0 saturated heterocycles. The first kappa shape index (κ1) is 19.2. The van der Waals surface area contributed by atoms with E-state index in [9.17, 15) is 13.2 Å². The fraction of sp³-hybridized carbons (Fsp3) is 0.286. The third-order valence-corrected chi connectivity index (χ3v) is 5.88. The number of anilines is 1. The van der Waals surface area contributed by atoms with Crippen molar-refractivity contribution in [2.75, 3.05) is 17.3 Å². The predicted molar refractivity (Wildman–Crippen MR) is 107 cm³/mol. The minimum Gasteiger partial charge on any atom is -0.483 e. The largest absolute Gasteiger partial charge is 0.483 e. The number of hydrogen-bond donors (Lipinski definition) is 0. The molecule has 1 amide bonds. The first-order valence-corrected chi connectivity index (χ1v) is 10.5.